The number of aryl methyl sites for hydroxylation is 1. The van der Waals surface area contributed by atoms with Crippen LogP contribution in [0.15, 0.2) is 4.90 Å². The van der Waals surface area contributed by atoms with Crippen molar-refractivity contribution in [3.8, 4) is 0 Å². The first-order chi connectivity index (χ1) is 9.95. The molecule has 1 aromatic heterocycles. The topological polar surface area (TPSA) is 90.0 Å². The van der Waals surface area contributed by atoms with Crippen LogP contribution < -0.4 is 10.5 Å². The second-order valence-electron chi connectivity index (χ2n) is 5.35. The molecule has 0 saturated carbocycles. The van der Waals surface area contributed by atoms with Crippen LogP contribution in [0.1, 0.15) is 30.7 Å². The maximum Gasteiger partial charge on any atom is 0.244 e. The monoisotopic (exact) mass is 332 g/mol. The Labute approximate surface area is 130 Å². The molecule has 3 N–H and O–H groups in total. The Balaban J connectivity index is 2.11. The molecular weight excluding hydrogens is 308 g/mol. The fourth-order valence-electron chi connectivity index (χ4n) is 2.65. The molecule has 21 heavy (non-hydrogen) atoms. The summed E-state index contributed by atoms with van der Waals surface area (Å²) in [5.41, 5.74) is 6.71. The average molecular weight is 332 g/mol. The summed E-state index contributed by atoms with van der Waals surface area (Å²) in [6.07, 6.45) is 3.50. The van der Waals surface area contributed by atoms with E-state index in [1.807, 2.05) is 11.8 Å². The lowest BCUT2D eigenvalue weighted by atomic mass is 10.2. The van der Waals surface area contributed by atoms with Gasteiger partial charge in [-0.2, -0.15) is 16.9 Å². The van der Waals surface area contributed by atoms with E-state index in [4.69, 9.17) is 5.73 Å². The van der Waals surface area contributed by atoms with E-state index in [2.05, 4.69) is 9.82 Å². The number of hydrogen-bond acceptors (Lipinski definition) is 5. The highest BCUT2D eigenvalue weighted by Gasteiger charge is 2.25. The minimum Gasteiger partial charge on any atom is -0.329 e. The molecule has 8 heteroatoms. The van der Waals surface area contributed by atoms with Crippen LogP contribution in [0.4, 0.5) is 0 Å². The van der Waals surface area contributed by atoms with Gasteiger partial charge in [0, 0.05) is 18.3 Å². The standard InChI is InChI=1S/C13H24N4O2S2/c1-10-13(11(2)17(16-10)7-6-14)21(18,19)15-9-12-5-3-4-8-20-12/h12,15H,3-9,14H2,1-2H3. The number of aromatic nitrogens is 2. The fraction of sp³-hybridized carbons (Fsp3) is 0.769. The van der Waals surface area contributed by atoms with Gasteiger partial charge in [0.1, 0.15) is 4.90 Å². The van der Waals surface area contributed by atoms with Gasteiger partial charge in [-0.15, -0.1) is 0 Å². The van der Waals surface area contributed by atoms with Gasteiger partial charge in [0.15, 0.2) is 0 Å². The number of nitrogens with zero attached hydrogens (tertiary/aromatic N) is 2. The summed E-state index contributed by atoms with van der Waals surface area (Å²) < 4.78 is 29.5. The molecule has 0 amide bonds. The molecule has 0 spiro atoms. The normalized spacial score (nSPS) is 19.9. The molecule has 1 atom stereocenters. The van der Waals surface area contributed by atoms with Gasteiger partial charge in [0.25, 0.3) is 0 Å². The highest BCUT2D eigenvalue weighted by Crippen LogP contribution is 2.25. The molecule has 2 rings (SSSR count). The maximum absolute atomic E-state index is 12.5. The van der Waals surface area contributed by atoms with Crippen molar-refractivity contribution in [2.45, 2.75) is 49.8 Å². The van der Waals surface area contributed by atoms with E-state index >= 15 is 0 Å². The Hall–Kier alpha value is -0.570. The number of nitrogens with two attached hydrogens (primary N) is 1. The third-order valence-corrected chi connectivity index (χ3v) is 6.77. The molecule has 120 valence electrons. The fourth-order valence-corrected chi connectivity index (χ4v) is 5.49. The molecule has 0 aliphatic carbocycles. The average Bonchev–Trinajstić information content (AvgIpc) is 2.73. The molecule has 1 saturated heterocycles. The number of thioether (sulfide) groups is 1. The molecule has 1 aliphatic heterocycles. The second-order valence-corrected chi connectivity index (χ2v) is 8.46. The number of hydrogen-bond donors (Lipinski definition) is 2. The van der Waals surface area contributed by atoms with E-state index in [0.29, 0.717) is 41.2 Å². The van der Waals surface area contributed by atoms with Crippen LogP contribution in [-0.4, -0.2) is 42.3 Å². The molecule has 6 nitrogen and oxygen atoms in total. The first-order valence-corrected chi connectivity index (χ1v) is 9.84. The lowest BCUT2D eigenvalue weighted by Crippen LogP contribution is -2.32. The smallest absolute Gasteiger partial charge is 0.244 e. The molecule has 0 radical (unpaired) electrons. The van der Waals surface area contributed by atoms with Gasteiger partial charge < -0.3 is 5.73 Å². The van der Waals surface area contributed by atoms with Gasteiger partial charge in [-0.3, -0.25) is 4.68 Å². The van der Waals surface area contributed by atoms with E-state index in [-0.39, 0.29) is 0 Å². The maximum atomic E-state index is 12.5. The molecule has 1 fully saturated rings. The molecule has 1 aromatic rings. The molecule has 1 aliphatic rings. The van der Waals surface area contributed by atoms with Crippen molar-refractivity contribution < 1.29 is 8.42 Å². The van der Waals surface area contributed by atoms with E-state index in [1.165, 1.54) is 12.8 Å². The number of nitrogens with one attached hydrogen (secondary N) is 1. The predicted octanol–water partition coefficient (Wildman–Crippen LogP) is 1.02. The quantitative estimate of drug-likeness (QED) is 0.812. The first-order valence-electron chi connectivity index (χ1n) is 7.31. The van der Waals surface area contributed by atoms with E-state index in [0.717, 1.165) is 12.2 Å². The molecule has 0 bridgehead atoms. The Bertz CT molecular complexity index is 577. The van der Waals surface area contributed by atoms with Gasteiger partial charge in [0.2, 0.25) is 10.0 Å². The lowest BCUT2D eigenvalue weighted by molar-refractivity contribution is 0.570. The SMILES string of the molecule is Cc1nn(CCN)c(C)c1S(=O)(=O)NCC1CCCCS1. The van der Waals surface area contributed by atoms with Crippen LogP contribution in [0.5, 0.6) is 0 Å². The van der Waals surface area contributed by atoms with Crippen LogP contribution in [0.3, 0.4) is 0 Å². The van der Waals surface area contributed by atoms with Gasteiger partial charge in [-0.25, -0.2) is 13.1 Å². The van der Waals surface area contributed by atoms with E-state index in [9.17, 15) is 8.42 Å². The summed E-state index contributed by atoms with van der Waals surface area (Å²) in [7, 11) is -3.51. The van der Waals surface area contributed by atoms with Crippen LogP contribution in [0, 0.1) is 13.8 Å². The Kier molecular flexibility index (Phi) is 5.70. The summed E-state index contributed by atoms with van der Waals surface area (Å²) in [5, 5.41) is 4.66. The third-order valence-electron chi connectivity index (χ3n) is 3.70. The first kappa shape index (κ1) is 16.8. The van der Waals surface area contributed by atoms with Gasteiger partial charge >= 0.3 is 0 Å². The van der Waals surface area contributed by atoms with Crippen molar-refractivity contribution in [1.29, 1.82) is 0 Å². The summed E-state index contributed by atoms with van der Waals surface area (Å²) >= 11 is 1.86. The molecule has 2 heterocycles. The van der Waals surface area contributed by atoms with Crippen molar-refractivity contribution in [3.63, 3.8) is 0 Å². The lowest BCUT2D eigenvalue weighted by Gasteiger charge is -2.21. The second kappa shape index (κ2) is 7.13. The molecule has 0 aromatic carbocycles. The van der Waals surface area contributed by atoms with Crippen LogP contribution in [0.25, 0.3) is 0 Å². The molecular formula is C13H24N4O2S2. The van der Waals surface area contributed by atoms with Crippen LogP contribution >= 0.6 is 11.8 Å². The summed E-state index contributed by atoms with van der Waals surface area (Å²) in [6, 6.07) is 0. The van der Waals surface area contributed by atoms with Crippen LogP contribution in [-0.2, 0) is 16.6 Å². The van der Waals surface area contributed by atoms with Crippen molar-refractivity contribution >= 4 is 21.8 Å². The Morgan fingerprint density at radius 2 is 2.19 bits per heavy atom. The zero-order valence-corrected chi connectivity index (χ0v) is 14.3. The molecule has 1 unspecified atom stereocenters. The largest absolute Gasteiger partial charge is 0.329 e. The zero-order chi connectivity index (χ0) is 15.5. The van der Waals surface area contributed by atoms with Crippen molar-refractivity contribution in [3.05, 3.63) is 11.4 Å². The number of sulfonamides is 1. The highest BCUT2D eigenvalue weighted by atomic mass is 32.2. The summed E-state index contributed by atoms with van der Waals surface area (Å²) in [5.74, 6) is 1.12. The van der Waals surface area contributed by atoms with Gasteiger partial charge in [0.05, 0.1) is 17.9 Å². The van der Waals surface area contributed by atoms with Crippen molar-refractivity contribution in [2.75, 3.05) is 18.8 Å². The van der Waals surface area contributed by atoms with Crippen molar-refractivity contribution in [2.24, 2.45) is 5.73 Å². The minimum atomic E-state index is -3.51. The zero-order valence-electron chi connectivity index (χ0n) is 12.6. The summed E-state index contributed by atoms with van der Waals surface area (Å²) in [6.45, 7) is 4.96. The van der Waals surface area contributed by atoms with E-state index in [1.54, 1.807) is 18.5 Å². The Morgan fingerprint density at radius 3 is 2.81 bits per heavy atom. The highest BCUT2D eigenvalue weighted by molar-refractivity contribution is 8.00. The van der Waals surface area contributed by atoms with E-state index < -0.39 is 10.0 Å². The van der Waals surface area contributed by atoms with Crippen LogP contribution in [0.2, 0.25) is 0 Å². The third kappa shape index (κ3) is 4.00. The van der Waals surface area contributed by atoms with Crippen molar-refractivity contribution in [1.82, 2.24) is 14.5 Å². The minimum absolute atomic E-state index is 0.303. The van der Waals surface area contributed by atoms with Gasteiger partial charge in [-0.05, 0) is 32.4 Å². The predicted molar refractivity (Wildman–Crippen MR) is 86.0 cm³/mol. The number of rotatable bonds is 6. The van der Waals surface area contributed by atoms with Gasteiger partial charge in [-0.1, -0.05) is 6.42 Å². The summed E-state index contributed by atoms with van der Waals surface area (Å²) in [4.78, 5) is 0.303. The Morgan fingerprint density at radius 1 is 1.43 bits per heavy atom.